The molecule has 0 unspecified atom stereocenters. The predicted octanol–water partition coefficient (Wildman–Crippen LogP) is 9.60. The Labute approximate surface area is 274 Å². The van der Waals surface area contributed by atoms with Crippen molar-refractivity contribution in [1.82, 2.24) is 0 Å². The maximum atomic E-state index is 11.0. The molecule has 4 rings (SSSR count). The maximum absolute atomic E-state index is 11.0. The van der Waals surface area contributed by atoms with E-state index in [-0.39, 0.29) is 40.2 Å². The molecule has 0 aliphatic heterocycles. The second-order valence-corrected chi connectivity index (χ2v) is 11.6. The van der Waals surface area contributed by atoms with Crippen molar-refractivity contribution >= 4 is 92.8 Å². The smallest absolute Gasteiger partial charge is 0.179 e. The zero-order chi connectivity index (χ0) is 30.9. The number of aromatic nitrogens is 2. The molecule has 0 spiro atoms. The number of benzene rings is 2. The molecule has 0 saturated heterocycles. The molecule has 4 aromatic rings. The molecule has 216 valence electrons. The van der Waals surface area contributed by atoms with Gasteiger partial charge in [-0.3, -0.25) is 0 Å². The topological polar surface area (TPSA) is 74.4 Å². The van der Waals surface area contributed by atoms with Gasteiger partial charge in [0.25, 0.3) is 0 Å². The van der Waals surface area contributed by atoms with Gasteiger partial charge in [0.15, 0.2) is 22.8 Å². The summed E-state index contributed by atoms with van der Waals surface area (Å²) in [7, 11) is 0. The molecule has 0 bridgehead atoms. The highest BCUT2D eigenvalue weighted by Gasteiger charge is 2.06. The third kappa shape index (κ3) is 11.2. The summed E-state index contributed by atoms with van der Waals surface area (Å²) in [4.78, 5) is 6.48. The van der Waals surface area contributed by atoms with E-state index in [9.17, 15) is 10.2 Å². The molecule has 0 amide bonds. The molecule has 2 N–H and O–H groups in total. The van der Waals surface area contributed by atoms with E-state index in [1.165, 1.54) is 46.0 Å². The molecular weight excluding hydrogens is 680 g/mol. The summed E-state index contributed by atoms with van der Waals surface area (Å²) < 4.78 is 0. The fourth-order valence-corrected chi connectivity index (χ4v) is 4.31. The van der Waals surface area contributed by atoms with Gasteiger partial charge in [0.2, 0.25) is 0 Å². The summed E-state index contributed by atoms with van der Waals surface area (Å²) in [5.74, 6) is -1.07. The van der Waals surface area contributed by atoms with Crippen molar-refractivity contribution in [3.63, 3.8) is 0 Å². The second-order valence-electron chi connectivity index (χ2n) is 8.49. The van der Waals surface area contributed by atoms with E-state index in [1.807, 2.05) is 0 Å². The standard InChI is InChI=1S/2C8H11N.2C6H2Cl4O/c2*1-6-4-5-7(2)9-8(6)3;2*7-2-1-3(8)5(10)6(11)4(2)9/h2*4-5H,1-3H3;2*1,11H. The summed E-state index contributed by atoms with van der Waals surface area (Å²) in [6.45, 7) is 12.5. The summed E-state index contributed by atoms with van der Waals surface area (Å²) in [5.41, 5.74) is 7.60. The minimum absolute atomic E-state index is 0.0962. The lowest BCUT2D eigenvalue weighted by atomic mass is 10.2. The van der Waals surface area contributed by atoms with Crippen LogP contribution in [0, 0.1) is 41.5 Å². The van der Waals surface area contributed by atoms with Gasteiger partial charge in [0.1, 0.15) is 0 Å². The minimum Gasteiger partial charge on any atom is -0.870 e. The number of hydrogen-bond acceptors (Lipinski definition) is 2. The van der Waals surface area contributed by atoms with E-state index in [1.54, 1.807) is 0 Å². The fraction of sp³-hybridized carbons (Fsp3) is 0.214. The first kappa shape index (κ1) is 36.7. The zero-order valence-corrected chi connectivity index (χ0v) is 28.4. The Morgan fingerprint density at radius 1 is 0.450 bits per heavy atom. The largest absolute Gasteiger partial charge is 0.870 e. The van der Waals surface area contributed by atoms with Crippen LogP contribution in [0.15, 0.2) is 36.4 Å². The zero-order valence-electron chi connectivity index (χ0n) is 22.3. The van der Waals surface area contributed by atoms with Crippen LogP contribution in [0.1, 0.15) is 33.9 Å². The Bertz CT molecular complexity index is 1320. The molecule has 0 radical (unpaired) electrons. The van der Waals surface area contributed by atoms with Crippen molar-refractivity contribution in [2.24, 2.45) is 0 Å². The number of aryl methyl sites for hydroxylation is 6. The first-order chi connectivity index (χ1) is 18.5. The minimum atomic E-state index is -0.536. The number of aromatic amines is 2. The highest BCUT2D eigenvalue weighted by atomic mass is 35.5. The number of hydrogen-bond donors (Lipinski definition) is 0. The van der Waals surface area contributed by atoms with E-state index >= 15 is 0 Å². The van der Waals surface area contributed by atoms with Gasteiger partial charge in [-0.1, -0.05) is 104 Å². The molecule has 0 aliphatic rings. The van der Waals surface area contributed by atoms with E-state index in [0.29, 0.717) is 0 Å². The fourth-order valence-electron chi connectivity index (χ4n) is 2.72. The van der Waals surface area contributed by atoms with Crippen LogP contribution >= 0.6 is 92.8 Å². The molecule has 0 saturated carbocycles. The molecule has 2 aromatic heterocycles. The molecule has 2 aromatic carbocycles. The quantitative estimate of drug-likeness (QED) is 0.171. The number of rotatable bonds is 0. The Kier molecular flexibility index (Phi) is 15.5. The molecule has 0 aliphatic carbocycles. The third-order valence-corrected chi connectivity index (χ3v) is 8.34. The van der Waals surface area contributed by atoms with E-state index < -0.39 is 11.5 Å². The highest BCUT2D eigenvalue weighted by molar-refractivity contribution is 6.49. The van der Waals surface area contributed by atoms with Crippen molar-refractivity contribution in [3.8, 4) is 11.5 Å². The van der Waals surface area contributed by atoms with Crippen LogP contribution in [0.3, 0.4) is 0 Å². The first-order valence-electron chi connectivity index (χ1n) is 11.4. The normalized spacial score (nSPS) is 9.95. The van der Waals surface area contributed by atoms with Crippen LogP contribution in [0.2, 0.25) is 40.2 Å². The Hall–Kier alpha value is -1.34. The number of H-pyrrole nitrogens is 2. The van der Waals surface area contributed by atoms with Crippen LogP contribution in [0.25, 0.3) is 0 Å². The lowest BCUT2D eigenvalue weighted by Gasteiger charge is -2.12. The van der Waals surface area contributed by atoms with Gasteiger partial charge in [0.05, 0.1) is 40.2 Å². The van der Waals surface area contributed by atoms with E-state index in [4.69, 9.17) is 92.8 Å². The Morgan fingerprint density at radius 2 is 0.700 bits per heavy atom. The lowest BCUT2D eigenvalue weighted by Crippen LogP contribution is -2.12. The average Bonchev–Trinajstić information content (AvgIpc) is 2.90. The molecule has 12 heteroatoms. The molecule has 40 heavy (non-hydrogen) atoms. The summed E-state index contributed by atoms with van der Waals surface area (Å²) in [6, 6.07) is 11.1. The molecule has 0 atom stereocenters. The van der Waals surface area contributed by atoms with Gasteiger partial charge in [-0.15, -0.1) is 0 Å². The first-order valence-corrected chi connectivity index (χ1v) is 14.4. The number of nitrogens with one attached hydrogen (secondary N) is 2. The van der Waals surface area contributed by atoms with Gasteiger partial charge in [0, 0.05) is 51.0 Å². The third-order valence-electron chi connectivity index (χ3n) is 5.26. The van der Waals surface area contributed by atoms with Crippen molar-refractivity contribution < 1.29 is 20.2 Å². The SMILES string of the molecule is Cc1ccc(C)c(C)[nH+]1.Cc1ccc(C)c(C)[nH+]1.[O-]c1c(Cl)c(Cl)cc(Cl)c1Cl.[O-]c1c(Cl)c(Cl)cc(Cl)c1Cl. The van der Waals surface area contributed by atoms with Gasteiger partial charge >= 0.3 is 0 Å². The molecular formula is C28H26Cl8N2O2. The second kappa shape index (κ2) is 16.9. The maximum Gasteiger partial charge on any atom is 0.179 e. The number of pyridine rings is 2. The van der Waals surface area contributed by atoms with E-state index in [0.717, 1.165) is 0 Å². The molecule has 4 nitrogen and oxygen atoms in total. The Morgan fingerprint density at radius 3 is 0.900 bits per heavy atom. The van der Waals surface area contributed by atoms with Gasteiger partial charge < -0.3 is 10.2 Å². The van der Waals surface area contributed by atoms with E-state index in [2.05, 4.69) is 75.8 Å². The molecule has 2 heterocycles. The summed E-state index contributed by atoms with van der Waals surface area (Å²) >= 11 is 43.9. The van der Waals surface area contributed by atoms with Gasteiger partial charge in [-0.2, -0.15) is 0 Å². The van der Waals surface area contributed by atoms with Crippen LogP contribution in [-0.2, 0) is 0 Å². The predicted molar refractivity (Wildman–Crippen MR) is 166 cm³/mol. The van der Waals surface area contributed by atoms with Gasteiger partial charge in [-0.05, 0) is 38.1 Å². The lowest BCUT2D eigenvalue weighted by molar-refractivity contribution is -0.397. The van der Waals surface area contributed by atoms with Crippen molar-refractivity contribution in [1.29, 1.82) is 0 Å². The number of halogens is 8. The summed E-state index contributed by atoms with van der Waals surface area (Å²) in [6.07, 6.45) is 0. The Balaban J connectivity index is 0.000000268. The van der Waals surface area contributed by atoms with Gasteiger partial charge in [-0.25, -0.2) is 9.97 Å². The van der Waals surface area contributed by atoms with Crippen molar-refractivity contribution in [3.05, 3.63) is 110 Å². The van der Waals surface area contributed by atoms with Crippen LogP contribution in [0.5, 0.6) is 11.5 Å². The van der Waals surface area contributed by atoms with Crippen LogP contribution in [-0.4, -0.2) is 0 Å². The van der Waals surface area contributed by atoms with Crippen molar-refractivity contribution in [2.45, 2.75) is 41.5 Å². The summed E-state index contributed by atoms with van der Waals surface area (Å²) in [5, 5.41) is 22.0. The average molecular weight is 706 g/mol. The van der Waals surface area contributed by atoms with Crippen LogP contribution < -0.4 is 20.2 Å². The monoisotopic (exact) mass is 702 g/mol. The highest BCUT2D eigenvalue weighted by Crippen LogP contribution is 2.40. The van der Waals surface area contributed by atoms with Crippen molar-refractivity contribution in [2.75, 3.05) is 0 Å². The molecule has 0 fully saturated rings. The van der Waals surface area contributed by atoms with Crippen LogP contribution in [0.4, 0.5) is 0 Å².